The normalized spacial score (nSPS) is 24.2. The molecule has 0 spiro atoms. The Morgan fingerprint density at radius 2 is 1.75 bits per heavy atom. The molecule has 2 aliphatic rings. The van der Waals surface area contributed by atoms with Crippen LogP contribution in [0.2, 0.25) is 0 Å². The zero-order valence-corrected chi connectivity index (χ0v) is 17.2. The molecule has 24 heavy (non-hydrogen) atoms. The highest BCUT2D eigenvalue weighted by Crippen LogP contribution is 2.22. The predicted molar refractivity (Wildman–Crippen MR) is 106 cm³/mol. The molecule has 4 nitrogen and oxygen atoms in total. The van der Waals surface area contributed by atoms with Crippen molar-refractivity contribution >= 4 is 30.7 Å². The molecule has 1 amide bonds. The van der Waals surface area contributed by atoms with Crippen LogP contribution in [0.15, 0.2) is 0 Å². The molecule has 0 aliphatic carbocycles. The molecule has 0 saturated carbocycles. The molecule has 2 saturated heterocycles. The van der Waals surface area contributed by atoms with E-state index in [2.05, 4.69) is 25.7 Å². The summed E-state index contributed by atoms with van der Waals surface area (Å²) in [7, 11) is 0. The first kappa shape index (κ1) is 24.0. The van der Waals surface area contributed by atoms with Gasteiger partial charge in [0.15, 0.2) is 0 Å². The van der Waals surface area contributed by atoms with Gasteiger partial charge in [-0.25, -0.2) is 0 Å². The molecule has 0 aromatic carbocycles. The minimum absolute atomic E-state index is 0. The van der Waals surface area contributed by atoms with Gasteiger partial charge in [-0.3, -0.25) is 4.79 Å². The van der Waals surface area contributed by atoms with E-state index in [9.17, 15) is 4.79 Å². The van der Waals surface area contributed by atoms with Crippen LogP contribution in [0, 0.1) is 17.8 Å². The number of rotatable bonds is 5. The molecule has 0 radical (unpaired) electrons. The minimum atomic E-state index is -0.311. The first-order chi connectivity index (χ1) is 10.5. The van der Waals surface area contributed by atoms with Crippen molar-refractivity contribution in [1.82, 2.24) is 9.80 Å². The molecule has 144 valence electrons. The molecule has 2 N–H and O–H groups in total. The van der Waals surface area contributed by atoms with Crippen molar-refractivity contribution in [3.8, 4) is 0 Å². The Bertz CT molecular complexity index is 360. The number of likely N-dealkylation sites (tertiary alicyclic amines) is 2. The van der Waals surface area contributed by atoms with Crippen molar-refractivity contribution in [2.45, 2.75) is 58.9 Å². The van der Waals surface area contributed by atoms with Crippen LogP contribution in [0.25, 0.3) is 0 Å². The number of nitrogens with zero attached hydrogens (tertiary/aromatic N) is 2. The van der Waals surface area contributed by atoms with Gasteiger partial charge >= 0.3 is 0 Å². The lowest BCUT2D eigenvalue weighted by Gasteiger charge is -2.38. The Kier molecular flexibility index (Phi) is 11.5. The number of carbonyl (C=O) groups is 1. The van der Waals surface area contributed by atoms with Crippen molar-refractivity contribution < 1.29 is 4.79 Å². The van der Waals surface area contributed by atoms with E-state index in [1.165, 1.54) is 32.4 Å². The summed E-state index contributed by atoms with van der Waals surface area (Å²) < 4.78 is 0. The van der Waals surface area contributed by atoms with Crippen LogP contribution in [-0.2, 0) is 4.79 Å². The van der Waals surface area contributed by atoms with Gasteiger partial charge in [0, 0.05) is 19.6 Å². The molecule has 0 bridgehead atoms. The molecule has 2 fully saturated rings. The van der Waals surface area contributed by atoms with E-state index in [0.717, 1.165) is 38.4 Å². The van der Waals surface area contributed by atoms with Gasteiger partial charge in [0.1, 0.15) is 0 Å². The SMILES string of the molecule is CC(C)C[C@H](N)C(=O)N1CCCC(CN2CCC(C)CC2)C1.Cl.Cl. The van der Waals surface area contributed by atoms with Gasteiger partial charge in [0.25, 0.3) is 0 Å². The summed E-state index contributed by atoms with van der Waals surface area (Å²) in [5.41, 5.74) is 6.09. The average Bonchev–Trinajstić information content (AvgIpc) is 2.48. The highest BCUT2D eigenvalue weighted by Gasteiger charge is 2.29. The number of amides is 1. The van der Waals surface area contributed by atoms with Gasteiger partial charge in [-0.1, -0.05) is 20.8 Å². The Morgan fingerprint density at radius 3 is 2.33 bits per heavy atom. The summed E-state index contributed by atoms with van der Waals surface area (Å²) >= 11 is 0. The summed E-state index contributed by atoms with van der Waals surface area (Å²) in [6, 6.07) is -0.311. The third-order valence-corrected chi connectivity index (χ3v) is 5.27. The van der Waals surface area contributed by atoms with E-state index in [-0.39, 0.29) is 36.8 Å². The molecule has 0 aromatic heterocycles. The topological polar surface area (TPSA) is 49.6 Å². The number of carbonyl (C=O) groups excluding carboxylic acids is 1. The zero-order chi connectivity index (χ0) is 16.1. The monoisotopic (exact) mass is 381 g/mol. The van der Waals surface area contributed by atoms with Gasteiger partial charge < -0.3 is 15.5 Å². The smallest absolute Gasteiger partial charge is 0.239 e. The van der Waals surface area contributed by atoms with E-state index in [0.29, 0.717) is 11.8 Å². The predicted octanol–water partition coefficient (Wildman–Crippen LogP) is 3.17. The number of piperidine rings is 2. The first-order valence-electron chi connectivity index (χ1n) is 9.22. The molecule has 6 heteroatoms. The van der Waals surface area contributed by atoms with Crippen molar-refractivity contribution in [1.29, 1.82) is 0 Å². The van der Waals surface area contributed by atoms with E-state index >= 15 is 0 Å². The number of halogens is 2. The lowest BCUT2D eigenvalue weighted by atomic mass is 9.93. The Hall–Kier alpha value is -0.0300. The molecule has 1 unspecified atom stereocenters. The third-order valence-electron chi connectivity index (χ3n) is 5.27. The van der Waals surface area contributed by atoms with Gasteiger partial charge in [0.2, 0.25) is 5.91 Å². The molecular weight excluding hydrogens is 345 g/mol. The highest BCUT2D eigenvalue weighted by molar-refractivity contribution is 5.85. The molecule has 2 rings (SSSR count). The largest absolute Gasteiger partial charge is 0.341 e. The summed E-state index contributed by atoms with van der Waals surface area (Å²) in [5.74, 6) is 2.17. The van der Waals surface area contributed by atoms with Crippen LogP contribution < -0.4 is 5.73 Å². The van der Waals surface area contributed by atoms with Crippen LogP contribution in [0.4, 0.5) is 0 Å². The lowest BCUT2D eigenvalue weighted by molar-refractivity contribution is -0.135. The zero-order valence-electron chi connectivity index (χ0n) is 15.6. The van der Waals surface area contributed by atoms with Crippen LogP contribution in [0.1, 0.15) is 52.9 Å². The van der Waals surface area contributed by atoms with E-state index < -0.39 is 0 Å². The second-order valence-corrected chi connectivity index (χ2v) is 8.01. The third kappa shape index (κ3) is 7.47. The summed E-state index contributed by atoms with van der Waals surface area (Å²) in [5, 5.41) is 0. The van der Waals surface area contributed by atoms with Crippen LogP contribution in [0.5, 0.6) is 0 Å². The molecule has 2 heterocycles. The first-order valence-corrected chi connectivity index (χ1v) is 9.22. The average molecular weight is 382 g/mol. The maximum absolute atomic E-state index is 12.5. The van der Waals surface area contributed by atoms with Gasteiger partial charge in [-0.15, -0.1) is 24.8 Å². The van der Waals surface area contributed by atoms with Gasteiger partial charge in [-0.2, -0.15) is 0 Å². The quantitative estimate of drug-likeness (QED) is 0.795. The second-order valence-electron chi connectivity index (χ2n) is 8.01. The Labute approximate surface area is 160 Å². The molecular formula is C18H37Cl2N3O. The Morgan fingerprint density at radius 1 is 1.12 bits per heavy atom. The van der Waals surface area contributed by atoms with Crippen molar-refractivity contribution in [3.63, 3.8) is 0 Å². The summed E-state index contributed by atoms with van der Waals surface area (Å²) in [6.45, 7) is 12.1. The molecule has 0 aromatic rings. The van der Waals surface area contributed by atoms with Gasteiger partial charge in [0.05, 0.1) is 6.04 Å². The summed E-state index contributed by atoms with van der Waals surface area (Å²) in [6.07, 6.45) is 5.84. The Balaban J connectivity index is 0.00000264. The fourth-order valence-electron chi connectivity index (χ4n) is 3.87. The van der Waals surface area contributed by atoms with Crippen molar-refractivity contribution in [3.05, 3.63) is 0 Å². The minimum Gasteiger partial charge on any atom is -0.341 e. The number of nitrogens with two attached hydrogens (primary N) is 1. The van der Waals surface area contributed by atoms with Gasteiger partial charge in [-0.05, 0) is 62.9 Å². The number of hydrogen-bond acceptors (Lipinski definition) is 3. The summed E-state index contributed by atoms with van der Waals surface area (Å²) in [4.78, 5) is 17.1. The number of hydrogen-bond donors (Lipinski definition) is 1. The van der Waals surface area contributed by atoms with Crippen molar-refractivity contribution in [2.75, 3.05) is 32.7 Å². The fraction of sp³-hybridized carbons (Fsp3) is 0.944. The molecule has 2 aliphatic heterocycles. The lowest BCUT2D eigenvalue weighted by Crippen LogP contribution is -2.50. The van der Waals surface area contributed by atoms with Crippen LogP contribution in [0.3, 0.4) is 0 Å². The van der Waals surface area contributed by atoms with Crippen LogP contribution >= 0.6 is 24.8 Å². The van der Waals surface area contributed by atoms with Crippen molar-refractivity contribution in [2.24, 2.45) is 23.5 Å². The maximum Gasteiger partial charge on any atom is 0.239 e. The standard InChI is InChI=1S/C18H35N3O.2ClH/c1-14(2)11-17(19)18(22)21-8-4-5-16(13-21)12-20-9-6-15(3)7-10-20;;/h14-17H,4-13,19H2,1-3H3;2*1H/t16?,17-;;/m0../s1. The maximum atomic E-state index is 12.5. The van der Waals surface area contributed by atoms with E-state index in [1.807, 2.05) is 4.90 Å². The van der Waals surface area contributed by atoms with Crippen LogP contribution in [-0.4, -0.2) is 54.5 Å². The van der Waals surface area contributed by atoms with E-state index in [1.54, 1.807) is 0 Å². The molecule has 2 atom stereocenters. The second kappa shape index (κ2) is 11.6. The fourth-order valence-corrected chi connectivity index (χ4v) is 3.87. The highest BCUT2D eigenvalue weighted by atomic mass is 35.5. The van der Waals surface area contributed by atoms with E-state index in [4.69, 9.17) is 5.73 Å².